The van der Waals surface area contributed by atoms with Crippen LogP contribution in [0.3, 0.4) is 0 Å². The molecule has 1 aliphatic carbocycles. The molecule has 0 spiro atoms. The summed E-state index contributed by atoms with van der Waals surface area (Å²) in [6.07, 6.45) is 2.60. The van der Waals surface area contributed by atoms with Gasteiger partial charge in [0.25, 0.3) is 0 Å². The molecule has 7 rings (SSSR count). The van der Waals surface area contributed by atoms with E-state index >= 15 is 4.39 Å². The summed E-state index contributed by atoms with van der Waals surface area (Å²) in [5.41, 5.74) is 4.49. The molecule has 0 saturated heterocycles. The highest BCUT2D eigenvalue weighted by molar-refractivity contribution is 7.92. The quantitative estimate of drug-likeness (QED) is 0.0309. The summed E-state index contributed by atoms with van der Waals surface area (Å²) in [6.45, 7) is 7.73. The number of sulfonamides is 1. The lowest BCUT2D eigenvalue weighted by Crippen LogP contribution is -2.35. The van der Waals surface area contributed by atoms with Gasteiger partial charge in [-0.05, 0) is 62.9 Å². The largest absolute Gasteiger partial charge is 0.491 e. The van der Waals surface area contributed by atoms with Crippen molar-refractivity contribution in [1.29, 1.82) is 0 Å². The van der Waals surface area contributed by atoms with E-state index in [9.17, 15) is 32.3 Å². The lowest BCUT2D eigenvalue weighted by atomic mass is 9.86. The first-order valence-electron chi connectivity index (χ1n) is 22.8. The van der Waals surface area contributed by atoms with Gasteiger partial charge in [0.2, 0.25) is 21.7 Å². The van der Waals surface area contributed by atoms with Gasteiger partial charge in [0.05, 0.1) is 86.1 Å². The maximum absolute atomic E-state index is 15.4. The number of aryl methyl sites for hydroxylation is 1. The lowest BCUT2D eigenvalue weighted by molar-refractivity contribution is -0.126. The number of nitrogens with zero attached hydrogens (tertiary/aromatic N) is 2. The van der Waals surface area contributed by atoms with Crippen LogP contribution in [0.4, 0.5) is 14.5 Å². The SMILES string of the molecule is CCCS(=O)(=O)Nc1ccc(F)c(C(=O)c2c[nH]c3ncc(OCCOCCOCCOCCOc4cccc(C(=O)C5C[C@H](O)C[C@H]5C(=O)NCc5ccc(-c6ncsc6C)cc5)c4C)cc23)c1F. The molecule has 3 aromatic carbocycles. The third-order valence-electron chi connectivity index (χ3n) is 11.7. The molecule has 1 unspecified atom stereocenters. The van der Waals surface area contributed by atoms with Crippen LogP contribution >= 0.6 is 11.3 Å². The van der Waals surface area contributed by atoms with E-state index in [2.05, 4.69) is 25.0 Å². The van der Waals surface area contributed by atoms with Crippen molar-refractivity contribution >= 4 is 55.6 Å². The van der Waals surface area contributed by atoms with Gasteiger partial charge in [-0.2, -0.15) is 0 Å². The number of anilines is 1. The maximum Gasteiger partial charge on any atom is 0.232 e. The number of aromatic nitrogens is 3. The average molecular weight is 1000 g/mol. The number of H-pyrrole nitrogens is 1. The Morgan fingerprint density at radius 1 is 0.857 bits per heavy atom. The fourth-order valence-corrected chi connectivity index (χ4v) is 9.93. The minimum Gasteiger partial charge on any atom is -0.491 e. The number of aromatic amines is 1. The molecule has 1 saturated carbocycles. The van der Waals surface area contributed by atoms with E-state index in [1.807, 2.05) is 36.7 Å². The number of amides is 1. The summed E-state index contributed by atoms with van der Waals surface area (Å²) in [5, 5.41) is 13.8. The zero-order valence-electron chi connectivity index (χ0n) is 38.9. The number of carbonyl (C=O) groups is 3. The van der Waals surface area contributed by atoms with Crippen molar-refractivity contribution in [3.63, 3.8) is 0 Å². The summed E-state index contributed by atoms with van der Waals surface area (Å²) < 4.78 is 85.2. The van der Waals surface area contributed by atoms with Crippen LogP contribution in [0.15, 0.2) is 78.6 Å². The van der Waals surface area contributed by atoms with E-state index < -0.39 is 56.6 Å². The number of nitrogens with one attached hydrogen (secondary N) is 3. The number of ketones is 2. The van der Waals surface area contributed by atoms with Crippen molar-refractivity contribution in [2.75, 3.05) is 63.3 Å². The van der Waals surface area contributed by atoms with Gasteiger partial charge in [-0.25, -0.2) is 27.2 Å². The number of aliphatic hydroxyl groups excluding tert-OH is 1. The molecule has 0 bridgehead atoms. The van der Waals surface area contributed by atoms with Gasteiger partial charge < -0.3 is 39.1 Å². The number of benzene rings is 3. The second-order valence-corrected chi connectivity index (χ2v) is 19.5. The molecule has 0 aliphatic heterocycles. The summed E-state index contributed by atoms with van der Waals surface area (Å²) in [4.78, 5) is 53.3. The molecule has 6 aromatic rings. The van der Waals surface area contributed by atoms with Gasteiger partial charge >= 0.3 is 0 Å². The summed E-state index contributed by atoms with van der Waals surface area (Å²) in [5.74, 6) is -4.80. The second kappa shape index (κ2) is 24.1. The Hall–Kier alpha value is -6.16. The van der Waals surface area contributed by atoms with Gasteiger partial charge in [0.1, 0.15) is 36.2 Å². The van der Waals surface area contributed by atoms with Crippen molar-refractivity contribution in [3.8, 4) is 22.8 Å². The number of Topliss-reactive ketones (excluding diaryl/α,β-unsaturated/α-hetero) is 1. The number of fused-ring (bicyclic) bond motifs is 1. The number of hydrogen-bond donors (Lipinski definition) is 4. The lowest BCUT2D eigenvalue weighted by Gasteiger charge is -2.20. The zero-order valence-corrected chi connectivity index (χ0v) is 40.6. The molecule has 70 heavy (non-hydrogen) atoms. The molecule has 1 aliphatic rings. The standard InChI is InChI=1S/C50H55F2N5O11S2/c1-4-22-70(62,63)57-42-13-12-41(51)44(45(42)52)48(60)40-28-54-49-38(40)25-35(27-53-49)67-20-18-65-16-14-64-15-17-66-19-21-68-43-7-5-6-36(30(43)2)47(59)37-23-34(58)24-39(37)50(61)55-26-32-8-10-33(11-9-32)46-31(3)69-29-56-46/h5-13,25,27-29,34,37,39,57-58H,4,14-24,26H2,1-3H3,(H,53,54)(H,55,61)/t34-,37?,39+/m0/s1. The topological polar surface area (TPSA) is 217 Å². The van der Waals surface area contributed by atoms with Crippen molar-refractivity contribution in [2.24, 2.45) is 11.8 Å². The van der Waals surface area contributed by atoms with E-state index in [0.29, 0.717) is 43.2 Å². The van der Waals surface area contributed by atoms with Gasteiger partial charge in [-0.15, -0.1) is 11.3 Å². The first-order chi connectivity index (χ1) is 33.7. The highest BCUT2D eigenvalue weighted by atomic mass is 32.2. The summed E-state index contributed by atoms with van der Waals surface area (Å²) in [7, 11) is -3.91. The number of pyridine rings is 1. The molecular formula is C50H55F2N5O11S2. The van der Waals surface area contributed by atoms with Gasteiger partial charge in [-0.1, -0.05) is 43.3 Å². The summed E-state index contributed by atoms with van der Waals surface area (Å²) in [6, 6.07) is 16.3. The smallest absolute Gasteiger partial charge is 0.232 e. The summed E-state index contributed by atoms with van der Waals surface area (Å²) >= 11 is 1.59. The Morgan fingerprint density at radius 2 is 1.54 bits per heavy atom. The third-order valence-corrected chi connectivity index (χ3v) is 14.0. The molecule has 3 heterocycles. The molecule has 372 valence electrons. The van der Waals surface area contributed by atoms with Crippen LogP contribution in [0, 0.1) is 37.3 Å². The fraction of sp³-hybridized carbons (Fsp3) is 0.380. The van der Waals surface area contributed by atoms with E-state index in [4.69, 9.17) is 23.7 Å². The van der Waals surface area contributed by atoms with Crippen LogP contribution < -0.4 is 19.5 Å². The van der Waals surface area contributed by atoms with Crippen LogP contribution in [-0.4, -0.2) is 111 Å². The molecule has 1 amide bonds. The van der Waals surface area contributed by atoms with E-state index in [1.54, 1.807) is 43.4 Å². The van der Waals surface area contributed by atoms with Crippen LogP contribution in [0.5, 0.6) is 11.5 Å². The maximum atomic E-state index is 15.4. The van der Waals surface area contributed by atoms with Crippen LogP contribution in [0.1, 0.15) is 68.5 Å². The zero-order chi connectivity index (χ0) is 49.8. The number of ether oxygens (including phenoxy) is 5. The molecule has 0 radical (unpaired) electrons. The van der Waals surface area contributed by atoms with E-state index in [1.165, 1.54) is 18.5 Å². The molecule has 4 N–H and O–H groups in total. The molecular weight excluding hydrogens is 949 g/mol. The molecule has 20 heteroatoms. The van der Waals surface area contributed by atoms with Crippen LogP contribution in [0.25, 0.3) is 22.3 Å². The Bertz CT molecular complexity index is 2890. The monoisotopic (exact) mass is 1000 g/mol. The van der Waals surface area contributed by atoms with Crippen LogP contribution in [0.2, 0.25) is 0 Å². The normalized spacial score (nSPS) is 15.8. The van der Waals surface area contributed by atoms with Gasteiger partial charge in [0, 0.05) is 51.2 Å². The predicted octanol–water partition coefficient (Wildman–Crippen LogP) is 7.36. The Morgan fingerprint density at radius 3 is 2.23 bits per heavy atom. The van der Waals surface area contributed by atoms with E-state index in [0.717, 1.165) is 33.8 Å². The molecule has 1 fully saturated rings. The first kappa shape index (κ1) is 51.7. The molecule has 3 aromatic heterocycles. The fourth-order valence-electron chi connectivity index (χ4n) is 8.19. The average Bonchev–Trinajstić information content (AvgIpc) is 4.09. The highest BCUT2D eigenvalue weighted by Crippen LogP contribution is 2.37. The molecule has 16 nitrogen and oxygen atoms in total. The van der Waals surface area contributed by atoms with Crippen molar-refractivity contribution < 1.29 is 60.4 Å². The minimum atomic E-state index is -3.91. The highest BCUT2D eigenvalue weighted by Gasteiger charge is 2.42. The predicted molar refractivity (Wildman–Crippen MR) is 259 cm³/mol. The van der Waals surface area contributed by atoms with Crippen molar-refractivity contribution in [2.45, 2.75) is 52.7 Å². The second-order valence-electron chi connectivity index (χ2n) is 16.6. The Balaban J connectivity index is 0.777. The van der Waals surface area contributed by atoms with Crippen LogP contribution in [-0.2, 0) is 35.6 Å². The Kier molecular flexibility index (Phi) is 17.8. The van der Waals surface area contributed by atoms with Crippen molar-refractivity contribution in [3.05, 3.63) is 123 Å². The number of rotatable bonds is 26. The number of halogens is 2. The number of thiazole rings is 1. The number of aliphatic hydroxyl groups is 1. The molecule has 3 atom stereocenters. The minimum absolute atomic E-state index is 0.0877. The third kappa shape index (κ3) is 13.0. The Labute approximate surface area is 408 Å². The van der Waals surface area contributed by atoms with E-state index in [-0.39, 0.29) is 92.1 Å². The first-order valence-corrected chi connectivity index (χ1v) is 25.4. The van der Waals surface area contributed by atoms with Gasteiger partial charge in [0.15, 0.2) is 11.6 Å². The number of carbonyl (C=O) groups excluding carboxylic acids is 3. The van der Waals surface area contributed by atoms with Crippen molar-refractivity contribution in [1.82, 2.24) is 20.3 Å². The van der Waals surface area contributed by atoms with Gasteiger partial charge in [-0.3, -0.25) is 19.1 Å². The number of hydrogen-bond acceptors (Lipinski definition) is 14.